The Morgan fingerprint density at radius 3 is 1.19 bits per heavy atom. The van der Waals surface area contributed by atoms with E-state index in [0.717, 1.165) is 16.5 Å². The summed E-state index contributed by atoms with van der Waals surface area (Å²) in [5.41, 5.74) is 32.1. The number of carbonyl (C=O) groups is 11. The van der Waals surface area contributed by atoms with Crippen molar-refractivity contribution in [3.63, 3.8) is 0 Å². The fraction of sp³-hybridized carbons (Fsp3) is 0.613. The molecule has 0 saturated heterocycles. The maximum absolute atomic E-state index is 15.1. The number of aromatic amines is 1. The number of para-hydroxylation sites is 1. The number of fused-ring (bicyclic) bond motifs is 1. The fourth-order valence-corrected chi connectivity index (χ4v) is 14.0. The average molecular weight is 1570 g/mol. The van der Waals surface area contributed by atoms with E-state index in [4.69, 9.17) is 28.7 Å². The van der Waals surface area contributed by atoms with Crippen LogP contribution in [-0.4, -0.2) is 171 Å². The highest BCUT2D eigenvalue weighted by Gasteiger charge is 2.39. The summed E-state index contributed by atoms with van der Waals surface area (Å²) in [6, 6.07) is 8.25. The number of hydrogen-bond acceptors (Lipinski definition) is 17. The Bertz CT molecular complexity index is 3730. The van der Waals surface area contributed by atoms with E-state index in [1.54, 1.807) is 69.4 Å². The van der Waals surface area contributed by atoms with Crippen molar-refractivity contribution < 1.29 is 61.2 Å². The van der Waals surface area contributed by atoms with Gasteiger partial charge in [0, 0.05) is 23.5 Å². The summed E-state index contributed by atoms with van der Waals surface area (Å²) in [6.45, 7) is 20.9. The molecule has 4 rings (SSSR count). The first-order chi connectivity index (χ1) is 52.7. The Balaban J connectivity index is 1.65. The molecule has 111 heavy (non-hydrogen) atoms. The Morgan fingerprint density at radius 2 is 0.757 bits per heavy atom. The highest BCUT2D eigenvalue weighted by atomic mass is 32.2. The van der Waals surface area contributed by atoms with Gasteiger partial charge in [-0.3, -0.25) is 52.7 Å². The zero-order valence-corrected chi connectivity index (χ0v) is 67.8. The fourth-order valence-electron chi connectivity index (χ4n) is 12.8. The molecule has 1 aromatic heterocycles. The minimum atomic E-state index is -4.32. The molecule has 0 bridgehead atoms. The number of hydrogen-bond donors (Lipinski definition) is 17. The van der Waals surface area contributed by atoms with E-state index in [1.165, 1.54) is 12.1 Å². The van der Waals surface area contributed by atoms with Gasteiger partial charge in [0.25, 0.3) is 0 Å². The van der Waals surface area contributed by atoms with Gasteiger partial charge in [0.05, 0.1) is 4.90 Å². The monoisotopic (exact) mass is 1570 g/mol. The first kappa shape index (κ1) is 94.5. The number of rotatable bonds is 53. The van der Waals surface area contributed by atoms with Crippen LogP contribution in [0.25, 0.3) is 10.9 Å². The maximum Gasteiger partial charge on any atom is 0.243 e. The van der Waals surface area contributed by atoms with E-state index in [-0.39, 0.29) is 100 Å². The summed E-state index contributed by atoms with van der Waals surface area (Å²) in [5, 5.41) is 28.9. The van der Waals surface area contributed by atoms with Crippen LogP contribution in [-0.2, 0) is 75.6 Å². The third-order valence-corrected chi connectivity index (χ3v) is 20.9. The number of unbranched alkanes of at least 4 members (excludes halogenated alkanes) is 4. The second-order valence-electron chi connectivity index (χ2n) is 30.8. The van der Waals surface area contributed by atoms with Gasteiger partial charge in [0.15, 0.2) is 0 Å². The van der Waals surface area contributed by atoms with E-state index < -0.39 is 153 Å². The normalized spacial score (nSPS) is 14.9. The smallest absolute Gasteiger partial charge is 0.243 e. The van der Waals surface area contributed by atoms with E-state index in [1.807, 2.05) is 79.7 Å². The van der Waals surface area contributed by atoms with Crippen molar-refractivity contribution in [1.29, 1.82) is 0 Å². The van der Waals surface area contributed by atoms with Gasteiger partial charge in [-0.2, -0.15) is 4.72 Å². The minimum Gasteiger partial charge on any atom is -0.368 e. The molecule has 0 unspecified atom stereocenters. The summed E-state index contributed by atoms with van der Waals surface area (Å²) in [6.07, 6.45) is 5.70. The van der Waals surface area contributed by atoms with Gasteiger partial charge >= 0.3 is 0 Å². The number of nitrogens with two attached hydrogens (primary N) is 5. The van der Waals surface area contributed by atoms with Crippen LogP contribution in [0, 0.1) is 36.5 Å². The molecule has 30 nitrogen and oxygen atoms in total. The lowest BCUT2D eigenvalue weighted by molar-refractivity contribution is -0.137. The van der Waals surface area contributed by atoms with Crippen molar-refractivity contribution in [1.82, 2.24) is 62.9 Å². The molecule has 4 aromatic rings. The van der Waals surface area contributed by atoms with Crippen LogP contribution < -0.4 is 86.6 Å². The summed E-state index contributed by atoms with van der Waals surface area (Å²) < 4.78 is 30.6. The SMILES string of the molecule is CC[C@H](C)[C@H](NC(=O)[C@H](CCCCN)NC(=O)[C@H](CCCCN)NC(=O)[C@H](Cc1ccccc1)NC(=O)[C@H](CC(C)C)NC(=O)[C@H](CCCCN)NC(=O)[C@H](Cc1c[nH]c2ccccc12)NS(=O)(=O)c1ccc(C)cc1)C(=O)N[C@@H](CC(C)C)C(=O)N[C@@H](CCCCN)C(=O)N[C@H](C(=O)N[C@@H](CC(C)C)C(N)=O)C(C)C. The lowest BCUT2D eigenvalue weighted by Gasteiger charge is -2.30. The second kappa shape index (κ2) is 48.8. The van der Waals surface area contributed by atoms with Crippen LogP contribution in [0.1, 0.15) is 189 Å². The molecule has 0 fully saturated rings. The van der Waals surface area contributed by atoms with Crippen molar-refractivity contribution in [3.8, 4) is 0 Å². The molecule has 11 amide bonds. The van der Waals surface area contributed by atoms with Crippen LogP contribution in [0.2, 0.25) is 0 Å². The molecular formula is C80H129N17O13S. The maximum atomic E-state index is 15.1. The standard InChI is InChI=1S/C80H129N17O13S/c1-12-53(11)69(80(108)94-65(44-50(6)7)75(103)89-61(32-20-24-40-83)73(101)95-68(51(8)9)79(107)91-63(70(85)98)42-48(2)3)96-74(102)62(33-21-25-41-84)87-71(99)59(30-18-22-38-81)88-77(105)66(45-54-26-14-13-15-27-54)93-76(104)64(43-49(4)5)92-72(100)60(31-19-23-39-82)90-78(106)67(46-55-47-86-58-29-17-16-28-57(55)58)97-111(109,110)56-36-34-52(10)35-37-56/h13-17,26-29,34-37,47-51,53,59-69,86,97H,12,18-25,30-33,38-46,81-84H2,1-11H3,(H2,85,98)(H,87,99)(H,88,105)(H,89,103)(H,90,106)(H,91,107)(H,92,100)(H,93,104)(H,94,108)(H,95,101)(H,96,102)/t53-,59-,60-,61-,62-,63-,64-,65-,66-,67-,68-,69-/m0/s1. The van der Waals surface area contributed by atoms with Crippen molar-refractivity contribution in [2.75, 3.05) is 26.2 Å². The van der Waals surface area contributed by atoms with Crippen molar-refractivity contribution in [3.05, 3.63) is 102 Å². The van der Waals surface area contributed by atoms with Gasteiger partial charge in [-0.1, -0.05) is 142 Å². The number of carbonyl (C=O) groups excluding carboxylic acids is 11. The second-order valence-corrected chi connectivity index (χ2v) is 32.5. The minimum absolute atomic E-state index is 0.00672. The van der Waals surface area contributed by atoms with E-state index in [0.29, 0.717) is 75.5 Å². The van der Waals surface area contributed by atoms with Gasteiger partial charge in [-0.05, 0) is 195 Å². The Hall–Kier alpha value is -8.88. The summed E-state index contributed by atoms with van der Waals surface area (Å²) in [7, 11) is -4.32. The lowest BCUT2D eigenvalue weighted by Crippen LogP contribution is -2.62. The van der Waals surface area contributed by atoms with Gasteiger partial charge in [0.2, 0.25) is 75.0 Å². The lowest BCUT2D eigenvalue weighted by atomic mass is 9.95. The van der Waals surface area contributed by atoms with E-state index in [9.17, 15) is 56.4 Å². The zero-order valence-electron chi connectivity index (χ0n) is 67.0. The van der Waals surface area contributed by atoms with Crippen molar-refractivity contribution >= 4 is 85.9 Å². The van der Waals surface area contributed by atoms with Gasteiger partial charge in [0.1, 0.15) is 66.5 Å². The Labute approximate surface area is 656 Å². The number of amides is 11. The summed E-state index contributed by atoms with van der Waals surface area (Å²) in [4.78, 5) is 162. The number of H-pyrrole nitrogens is 1. The summed E-state index contributed by atoms with van der Waals surface area (Å²) in [5.74, 6) is -9.63. The van der Waals surface area contributed by atoms with Crippen LogP contribution in [0.3, 0.4) is 0 Å². The molecule has 0 aliphatic heterocycles. The molecule has 0 aliphatic carbocycles. The predicted octanol–water partition coefficient (Wildman–Crippen LogP) is 3.30. The molecule has 618 valence electrons. The van der Waals surface area contributed by atoms with Crippen LogP contribution in [0.5, 0.6) is 0 Å². The van der Waals surface area contributed by atoms with Gasteiger partial charge < -0.3 is 86.8 Å². The van der Waals surface area contributed by atoms with Crippen molar-refractivity contribution in [2.24, 2.45) is 58.3 Å². The first-order valence-corrected chi connectivity index (χ1v) is 41.0. The topological polar surface area (TPSA) is 500 Å². The van der Waals surface area contributed by atoms with E-state index in [2.05, 4.69) is 62.9 Å². The number of nitrogens with one attached hydrogen (secondary N) is 12. The number of aryl methyl sites for hydroxylation is 1. The number of sulfonamides is 1. The van der Waals surface area contributed by atoms with E-state index >= 15 is 4.79 Å². The molecule has 1 heterocycles. The molecule has 0 aliphatic rings. The Morgan fingerprint density at radius 1 is 0.396 bits per heavy atom. The van der Waals surface area contributed by atoms with Gasteiger partial charge in [-0.15, -0.1) is 0 Å². The molecule has 12 atom stereocenters. The van der Waals surface area contributed by atoms with Crippen LogP contribution >= 0.6 is 0 Å². The molecule has 31 heteroatoms. The highest BCUT2D eigenvalue weighted by molar-refractivity contribution is 7.89. The molecule has 0 radical (unpaired) electrons. The molecule has 0 spiro atoms. The average Bonchev–Trinajstić information content (AvgIpc) is 1.77. The first-order valence-electron chi connectivity index (χ1n) is 39.5. The zero-order chi connectivity index (χ0) is 82.5. The van der Waals surface area contributed by atoms with Gasteiger partial charge in [-0.25, -0.2) is 8.42 Å². The highest BCUT2D eigenvalue weighted by Crippen LogP contribution is 2.23. The molecule has 22 N–H and O–H groups in total. The van der Waals surface area contributed by atoms with Crippen LogP contribution in [0.15, 0.2) is 90.0 Å². The third-order valence-electron chi connectivity index (χ3n) is 19.4. The van der Waals surface area contributed by atoms with Crippen LogP contribution in [0.4, 0.5) is 0 Å². The number of benzene rings is 3. The molecule has 0 saturated carbocycles. The number of primary amides is 1. The quantitative estimate of drug-likeness (QED) is 0.0282. The molecular weight excluding hydrogens is 1440 g/mol. The Kier molecular flexibility index (Phi) is 41.5. The predicted molar refractivity (Wildman–Crippen MR) is 430 cm³/mol. The third kappa shape index (κ3) is 32.8. The van der Waals surface area contributed by atoms with Crippen molar-refractivity contribution in [2.45, 2.75) is 263 Å². The summed E-state index contributed by atoms with van der Waals surface area (Å²) >= 11 is 0. The molecule has 3 aromatic carbocycles. The number of aromatic nitrogens is 1. The largest absolute Gasteiger partial charge is 0.368 e.